The van der Waals surface area contributed by atoms with Crippen molar-refractivity contribution in [3.63, 3.8) is 0 Å². The summed E-state index contributed by atoms with van der Waals surface area (Å²) >= 11 is 5.17. The third-order valence-corrected chi connectivity index (χ3v) is 5.16. The first-order valence-corrected chi connectivity index (χ1v) is 8.08. The first-order valence-electron chi connectivity index (χ1n) is 6.47. The molecule has 1 aliphatic rings. The minimum Gasteiger partial charge on any atom is -0.308 e. The number of hydrogen-bond acceptors (Lipinski definition) is 2. The van der Waals surface area contributed by atoms with Gasteiger partial charge in [-0.25, -0.2) is 4.39 Å². The predicted molar refractivity (Wildman–Crippen MR) is 81.0 cm³/mol. The van der Waals surface area contributed by atoms with Gasteiger partial charge in [-0.3, -0.25) is 0 Å². The first-order chi connectivity index (χ1) is 9.22. The molecule has 0 bridgehead atoms. The van der Waals surface area contributed by atoms with Gasteiger partial charge in [0.1, 0.15) is 5.82 Å². The molecule has 1 aliphatic carbocycles. The summed E-state index contributed by atoms with van der Waals surface area (Å²) in [6.45, 7) is 1.40. The second kappa shape index (κ2) is 5.73. The lowest BCUT2D eigenvalue weighted by Gasteiger charge is -2.05. The smallest absolute Gasteiger partial charge is 0.128 e. The van der Waals surface area contributed by atoms with Gasteiger partial charge in [-0.1, -0.05) is 22.0 Å². The van der Waals surface area contributed by atoms with Crippen molar-refractivity contribution in [2.24, 2.45) is 0 Å². The minimum absolute atomic E-state index is 0.157. The molecular formula is C15H15BrFNS. The van der Waals surface area contributed by atoms with Crippen molar-refractivity contribution in [2.45, 2.75) is 32.4 Å². The molecular weight excluding hydrogens is 325 g/mol. The van der Waals surface area contributed by atoms with Crippen molar-refractivity contribution in [3.8, 4) is 0 Å². The summed E-state index contributed by atoms with van der Waals surface area (Å²) in [5.74, 6) is -0.157. The Morgan fingerprint density at radius 1 is 1.21 bits per heavy atom. The van der Waals surface area contributed by atoms with Crippen molar-refractivity contribution < 1.29 is 4.39 Å². The molecule has 1 N–H and O–H groups in total. The Balaban J connectivity index is 1.57. The molecule has 0 saturated heterocycles. The summed E-state index contributed by atoms with van der Waals surface area (Å²) < 4.78 is 14.4. The van der Waals surface area contributed by atoms with Gasteiger partial charge in [-0.15, -0.1) is 11.3 Å². The lowest BCUT2D eigenvalue weighted by Crippen LogP contribution is -2.12. The van der Waals surface area contributed by atoms with Crippen LogP contribution in [0, 0.1) is 5.82 Å². The molecule has 0 saturated carbocycles. The van der Waals surface area contributed by atoms with Crippen LogP contribution in [0.1, 0.15) is 27.3 Å². The average molecular weight is 340 g/mol. The van der Waals surface area contributed by atoms with Crippen molar-refractivity contribution >= 4 is 27.3 Å². The number of halogens is 2. The van der Waals surface area contributed by atoms with E-state index in [0.717, 1.165) is 11.0 Å². The zero-order chi connectivity index (χ0) is 13.2. The van der Waals surface area contributed by atoms with Crippen LogP contribution in [0.2, 0.25) is 0 Å². The number of hydrogen-bond donors (Lipinski definition) is 1. The Morgan fingerprint density at radius 2 is 2.11 bits per heavy atom. The fourth-order valence-electron chi connectivity index (χ4n) is 2.46. The Kier molecular flexibility index (Phi) is 4.01. The lowest BCUT2D eigenvalue weighted by molar-refractivity contribution is 0.588. The highest BCUT2D eigenvalue weighted by molar-refractivity contribution is 9.10. The van der Waals surface area contributed by atoms with Crippen molar-refractivity contribution in [1.29, 1.82) is 0 Å². The van der Waals surface area contributed by atoms with Crippen LogP contribution in [0.5, 0.6) is 0 Å². The number of nitrogens with one attached hydrogen (secondary N) is 1. The van der Waals surface area contributed by atoms with Crippen LogP contribution in [-0.2, 0) is 25.9 Å². The van der Waals surface area contributed by atoms with Crippen LogP contribution >= 0.6 is 27.3 Å². The van der Waals surface area contributed by atoms with E-state index in [9.17, 15) is 4.39 Å². The predicted octanol–water partition coefficient (Wildman–Crippen LogP) is 4.43. The number of fused-ring (bicyclic) bond motifs is 1. The van der Waals surface area contributed by atoms with Crippen LogP contribution in [0.15, 0.2) is 28.7 Å². The summed E-state index contributed by atoms with van der Waals surface area (Å²) in [5, 5.41) is 3.32. The number of thiophene rings is 1. The standard InChI is InChI=1S/C15H15BrFNS/c16-12-5-4-11(14(17)7-12)8-18-9-13-6-10-2-1-3-15(10)19-13/h4-7,18H,1-3,8-9H2. The lowest BCUT2D eigenvalue weighted by atomic mass is 10.2. The van der Waals surface area contributed by atoms with E-state index < -0.39 is 0 Å². The zero-order valence-electron chi connectivity index (χ0n) is 10.5. The largest absolute Gasteiger partial charge is 0.308 e. The van der Waals surface area contributed by atoms with Crippen LogP contribution in [-0.4, -0.2) is 0 Å². The minimum atomic E-state index is -0.157. The molecule has 100 valence electrons. The van der Waals surface area contributed by atoms with E-state index in [-0.39, 0.29) is 5.82 Å². The molecule has 0 unspecified atom stereocenters. The molecule has 19 heavy (non-hydrogen) atoms. The van der Waals surface area contributed by atoms with Gasteiger partial charge < -0.3 is 5.32 Å². The highest BCUT2D eigenvalue weighted by Gasteiger charge is 2.14. The number of benzene rings is 1. The summed E-state index contributed by atoms with van der Waals surface area (Å²) in [4.78, 5) is 2.91. The molecule has 1 aromatic heterocycles. The van der Waals surface area contributed by atoms with Crippen molar-refractivity contribution in [3.05, 3.63) is 55.4 Å². The summed E-state index contributed by atoms with van der Waals surface area (Å²) in [5.41, 5.74) is 2.24. The Hall–Kier alpha value is -0.710. The second-order valence-corrected chi connectivity index (χ2v) is 6.99. The Labute approximate surface area is 125 Å². The van der Waals surface area contributed by atoms with Crippen LogP contribution in [0.4, 0.5) is 4.39 Å². The van der Waals surface area contributed by atoms with Gasteiger partial charge in [0.25, 0.3) is 0 Å². The molecule has 0 radical (unpaired) electrons. The Bertz CT molecular complexity index is 572. The van der Waals surface area contributed by atoms with E-state index >= 15 is 0 Å². The van der Waals surface area contributed by atoms with Gasteiger partial charge in [-0.2, -0.15) is 0 Å². The summed E-state index contributed by atoms with van der Waals surface area (Å²) in [6.07, 6.45) is 3.77. The normalized spacial score (nSPS) is 13.8. The molecule has 1 aromatic carbocycles. The van der Waals surface area contributed by atoms with Gasteiger partial charge in [0.2, 0.25) is 0 Å². The SMILES string of the molecule is Fc1cc(Br)ccc1CNCc1cc2c(s1)CCC2. The monoisotopic (exact) mass is 339 g/mol. The molecule has 0 amide bonds. The van der Waals surface area contributed by atoms with Gasteiger partial charge >= 0.3 is 0 Å². The van der Waals surface area contributed by atoms with Gasteiger partial charge in [0, 0.05) is 32.9 Å². The van der Waals surface area contributed by atoms with E-state index in [2.05, 4.69) is 27.3 Å². The average Bonchev–Trinajstić information content (AvgIpc) is 2.92. The number of rotatable bonds is 4. The van der Waals surface area contributed by atoms with Gasteiger partial charge in [-0.05, 0) is 43.0 Å². The molecule has 0 fully saturated rings. The molecule has 1 heterocycles. The molecule has 1 nitrogen and oxygen atoms in total. The van der Waals surface area contributed by atoms with Gasteiger partial charge in [0.05, 0.1) is 0 Å². The third kappa shape index (κ3) is 3.07. The highest BCUT2D eigenvalue weighted by atomic mass is 79.9. The molecule has 0 spiro atoms. The van der Waals surface area contributed by atoms with E-state index in [4.69, 9.17) is 0 Å². The summed E-state index contributed by atoms with van der Waals surface area (Å²) in [6, 6.07) is 7.51. The molecule has 0 atom stereocenters. The third-order valence-electron chi connectivity index (χ3n) is 3.43. The Morgan fingerprint density at radius 3 is 2.89 bits per heavy atom. The van der Waals surface area contributed by atoms with Gasteiger partial charge in [0.15, 0.2) is 0 Å². The van der Waals surface area contributed by atoms with E-state index in [0.29, 0.717) is 12.1 Å². The summed E-state index contributed by atoms with van der Waals surface area (Å²) in [7, 11) is 0. The van der Waals surface area contributed by atoms with Crippen LogP contribution < -0.4 is 5.32 Å². The quantitative estimate of drug-likeness (QED) is 0.868. The maximum atomic E-state index is 13.6. The molecule has 2 aromatic rings. The van der Waals surface area contributed by atoms with Crippen molar-refractivity contribution in [2.75, 3.05) is 0 Å². The van der Waals surface area contributed by atoms with Crippen LogP contribution in [0.3, 0.4) is 0 Å². The van der Waals surface area contributed by atoms with E-state index in [1.807, 2.05) is 23.5 Å². The topological polar surface area (TPSA) is 12.0 Å². The fourth-order valence-corrected chi connectivity index (χ4v) is 4.03. The van der Waals surface area contributed by atoms with Crippen molar-refractivity contribution in [1.82, 2.24) is 5.32 Å². The highest BCUT2D eigenvalue weighted by Crippen LogP contribution is 2.30. The maximum absolute atomic E-state index is 13.6. The molecule has 0 aliphatic heterocycles. The fraction of sp³-hybridized carbons (Fsp3) is 0.333. The first kappa shape index (κ1) is 13.3. The second-order valence-electron chi connectivity index (χ2n) is 4.85. The molecule has 3 rings (SSSR count). The van der Waals surface area contributed by atoms with E-state index in [1.54, 1.807) is 4.88 Å². The van der Waals surface area contributed by atoms with E-state index in [1.165, 1.54) is 35.8 Å². The number of aryl methyl sites for hydroxylation is 2. The zero-order valence-corrected chi connectivity index (χ0v) is 12.9. The maximum Gasteiger partial charge on any atom is 0.128 e. The molecule has 4 heteroatoms. The van der Waals surface area contributed by atoms with Crippen LogP contribution in [0.25, 0.3) is 0 Å².